The van der Waals surface area contributed by atoms with Crippen molar-refractivity contribution in [3.8, 4) is 0 Å². The second-order valence-corrected chi connectivity index (χ2v) is 8.53. The number of fused-ring (bicyclic) bond motifs is 2. The molecule has 4 rings (SSSR count). The van der Waals surface area contributed by atoms with Crippen molar-refractivity contribution in [3.63, 3.8) is 0 Å². The van der Waals surface area contributed by atoms with Gasteiger partial charge in [0.15, 0.2) is 0 Å². The Hall–Kier alpha value is -2.15. The zero-order valence-corrected chi connectivity index (χ0v) is 16.4. The molecule has 27 heavy (non-hydrogen) atoms. The highest BCUT2D eigenvalue weighted by Crippen LogP contribution is 2.32. The molecule has 1 aliphatic rings. The van der Waals surface area contributed by atoms with Gasteiger partial charge < -0.3 is 5.73 Å². The predicted octanol–water partition coefficient (Wildman–Crippen LogP) is 3.74. The van der Waals surface area contributed by atoms with Gasteiger partial charge in [0.1, 0.15) is 0 Å². The number of anilines is 1. The third-order valence-electron chi connectivity index (χ3n) is 4.86. The van der Waals surface area contributed by atoms with Crippen LogP contribution in [0.5, 0.6) is 0 Å². The van der Waals surface area contributed by atoms with Crippen molar-refractivity contribution in [1.29, 1.82) is 0 Å². The Labute approximate surface area is 165 Å². The van der Waals surface area contributed by atoms with E-state index in [2.05, 4.69) is 9.71 Å². The van der Waals surface area contributed by atoms with E-state index in [1.165, 1.54) is 0 Å². The molecule has 0 saturated heterocycles. The molecule has 0 bridgehead atoms. The zero-order chi connectivity index (χ0) is 18.1. The molecule has 142 valence electrons. The molecule has 7 heteroatoms. The van der Waals surface area contributed by atoms with Crippen molar-refractivity contribution >= 4 is 39.0 Å². The predicted molar refractivity (Wildman–Crippen MR) is 111 cm³/mol. The lowest BCUT2D eigenvalue weighted by atomic mass is 9.88. The second kappa shape index (κ2) is 7.84. The highest BCUT2D eigenvalue weighted by Gasteiger charge is 2.25. The molecule has 0 radical (unpaired) electrons. The first kappa shape index (κ1) is 19.6. The quantitative estimate of drug-likeness (QED) is 0.650. The van der Waals surface area contributed by atoms with Crippen LogP contribution in [0.15, 0.2) is 54.7 Å². The van der Waals surface area contributed by atoms with Crippen molar-refractivity contribution in [2.24, 2.45) is 0 Å². The fourth-order valence-corrected chi connectivity index (χ4v) is 5.11. The van der Waals surface area contributed by atoms with Gasteiger partial charge in [-0.2, -0.15) is 0 Å². The minimum Gasteiger partial charge on any atom is -0.399 e. The van der Waals surface area contributed by atoms with Crippen LogP contribution in [-0.4, -0.2) is 13.4 Å². The Bertz CT molecular complexity index is 1060. The number of halogens is 1. The summed E-state index contributed by atoms with van der Waals surface area (Å²) in [6.07, 6.45) is 4.36. The van der Waals surface area contributed by atoms with E-state index in [0.717, 1.165) is 41.3 Å². The molecule has 5 nitrogen and oxygen atoms in total. The van der Waals surface area contributed by atoms with Crippen molar-refractivity contribution in [2.75, 3.05) is 5.73 Å². The first-order valence-electron chi connectivity index (χ1n) is 8.73. The Morgan fingerprint density at radius 2 is 1.96 bits per heavy atom. The molecule has 2 aromatic carbocycles. The van der Waals surface area contributed by atoms with E-state index in [-0.39, 0.29) is 24.2 Å². The summed E-state index contributed by atoms with van der Waals surface area (Å²) < 4.78 is 28.5. The Morgan fingerprint density at radius 1 is 1.15 bits per heavy atom. The lowest BCUT2D eigenvalue weighted by Gasteiger charge is -2.26. The first-order chi connectivity index (χ1) is 12.5. The third kappa shape index (κ3) is 4.24. The maximum absolute atomic E-state index is 12.8. The van der Waals surface area contributed by atoms with Crippen molar-refractivity contribution in [3.05, 3.63) is 71.4 Å². The molecule has 0 spiro atoms. The Morgan fingerprint density at radius 3 is 2.81 bits per heavy atom. The molecule has 0 saturated carbocycles. The van der Waals surface area contributed by atoms with Crippen LogP contribution in [0.3, 0.4) is 0 Å². The number of hydrogen-bond acceptors (Lipinski definition) is 4. The molecule has 1 atom stereocenters. The number of sulfonamides is 1. The van der Waals surface area contributed by atoms with Crippen LogP contribution in [-0.2, 0) is 22.2 Å². The number of aryl methyl sites for hydroxylation is 1. The summed E-state index contributed by atoms with van der Waals surface area (Å²) in [7, 11) is -3.50. The monoisotopic (exact) mass is 403 g/mol. The van der Waals surface area contributed by atoms with Crippen LogP contribution in [0.2, 0.25) is 0 Å². The summed E-state index contributed by atoms with van der Waals surface area (Å²) in [5.74, 6) is -0.0812. The minimum atomic E-state index is -3.50. The first-order valence-corrected chi connectivity index (χ1v) is 10.4. The van der Waals surface area contributed by atoms with Gasteiger partial charge in [-0.15, -0.1) is 12.4 Å². The molecule has 3 aromatic rings. The van der Waals surface area contributed by atoms with E-state index < -0.39 is 10.0 Å². The number of rotatable bonds is 4. The van der Waals surface area contributed by atoms with Gasteiger partial charge in [0.05, 0.1) is 11.3 Å². The maximum atomic E-state index is 12.8. The van der Waals surface area contributed by atoms with Crippen LogP contribution in [0.4, 0.5) is 5.69 Å². The van der Waals surface area contributed by atoms with E-state index in [4.69, 9.17) is 5.73 Å². The molecule has 0 amide bonds. The Kier molecular flexibility index (Phi) is 5.69. The van der Waals surface area contributed by atoms with Gasteiger partial charge in [-0.1, -0.05) is 30.3 Å². The summed E-state index contributed by atoms with van der Waals surface area (Å²) in [5, 5.41) is 0.943. The largest absolute Gasteiger partial charge is 0.399 e. The molecule has 3 N–H and O–H groups in total. The zero-order valence-electron chi connectivity index (χ0n) is 14.8. The number of pyridine rings is 1. The average Bonchev–Trinajstić information content (AvgIpc) is 2.61. The van der Waals surface area contributed by atoms with Crippen LogP contribution in [0, 0.1) is 0 Å². The third-order valence-corrected chi connectivity index (χ3v) is 6.20. The molecule has 1 aliphatic carbocycles. The van der Waals surface area contributed by atoms with Gasteiger partial charge in [0, 0.05) is 23.3 Å². The second-order valence-electron chi connectivity index (χ2n) is 6.77. The standard InChI is InChI=1S/C20H21N3O2S.ClH/c21-17-9-10-18-15(12-17)5-2-8-19(18)23-26(24,25)13-16-6-1-4-14-7-3-11-22-20(14)16;/h1,3-4,6-7,9-12,19,23H,2,5,8,13,21H2;1H. The fraction of sp³-hybridized carbons (Fsp3) is 0.250. The van der Waals surface area contributed by atoms with E-state index in [1.54, 1.807) is 6.20 Å². The maximum Gasteiger partial charge on any atom is 0.216 e. The van der Waals surface area contributed by atoms with Gasteiger partial charge in [0.2, 0.25) is 10.0 Å². The summed E-state index contributed by atoms with van der Waals surface area (Å²) >= 11 is 0. The molecule has 1 unspecified atom stereocenters. The van der Waals surface area contributed by atoms with Crippen molar-refractivity contribution in [1.82, 2.24) is 9.71 Å². The number of hydrogen-bond donors (Lipinski definition) is 2. The average molecular weight is 404 g/mol. The number of nitrogens with two attached hydrogens (primary N) is 1. The minimum absolute atomic E-state index is 0. The molecular weight excluding hydrogens is 382 g/mol. The van der Waals surface area contributed by atoms with Gasteiger partial charge in [0.25, 0.3) is 0 Å². The molecule has 1 heterocycles. The molecular formula is C20H22ClN3O2S. The SMILES string of the molecule is Cl.Nc1ccc2c(c1)CCCC2NS(=O)(=O)Cc1cccc2cccnc12. The number of nitrogens with one attached hydrogen (secondary N) is 1. The van der Waals surface area contributed by atoms with Gasteiger partial charge in [-0.05, 0) is 54.2 Å². The molecule has 1 aromatic heterocycles. The smallest absolute Gasteiger partial charge is 0.216 e. The normalized spacial score (nSPS) is 16.5. The Balaban J connectivity index is 0.00000210. The number of nitrogens with zero attached hydrogens (tertiary/aromatic N) is 1. The fourth-order valence-electron chi connectivity index (χ4n) is 3.70. The highest BCUT2D eigenvalue weighted by atomic mass is 35.5. The van der Waals surface area contributed by atoms with Crippen LogP contribution in [0.1, 0.15) is 35.6 Å². The van der Waals surface area contributed by atoms with Gasteiger partial charge >= 0.3 is 0 Å². The molecule has 0 fully saturated rings. The van der Waals surface area contributed by atoms with Gasteiger partial charge in [-0.25, -0.2) is 13.1 Å². The van der Waals surface area contributed by atoms with Crippen LogP contribution >= 0.6 is 12.4 Å². The van der Waals surface area contributed by atoms with E-state index in [1.807, 2.05) is 48.5 Å². The van der Waals surface area contributed by atoms with Crippen LogP contribution < -0.4 is 10.5 Å². The van der Waals surface area contributed by atoms with Crippen LogP contribution in [0.25, 0.3) is 10.9 Å². The van der Waals surface area contributed by atoms with E-state index in [9.17, 15) is 8.42 Å². The number of nitrogen functional groups attached to an aromatic ring is 1. The van der Waals surface area contributed by atoms with Gasteiger partial charge in [-0.3, -0.25) is 4.98 Å². The highest BCUT2D eigenvalue weighted by molar-refractivity contribution is 7.88. The number of benzene rings is 2. The number of para-hydroxylation sites is 1. The number of aromatic nitrogens is 1. The van der Waals surface area contributed by atoms with E-state index >= 15 is 0 Å². The summed E-state index contributed by atoms with van der Waals surface area (Å²) in [5.41, 5.74) is 10.2. The van der Waals surface area contributed by atoms with E-state index in [0.29, 0.717) is 11.3 Å². The lowest BCUT2D eigenvalue weighted by molar-refractivity contribution is 0.507. The lowest BCUT2D eigenvalue weighted by Crippen LogP contribution is -2.32. The summed E-state index contributed by atoms with van der Waals surface area (Å²) in [6.45, 7) is 0. The summed E-state index contributed by atoms with van der Waals surface area (Å²) in [4.78, 5) is 4.35. The molecule has 0 aliphatic heterocycles. The summed E-state index contributed by atoms with van der Waals surface area (Å²) in [6, 6.07) is 14.9. The topological polar surface area (TPSA) is 85.1 Å². The van der Waals surface area contributed by atoms with Crippen molar-refractivity contribution in [2.45, 2.75) is 31.1 Å². The van der Waals surface area contributed by atoms with Crippen molar-refractivity contribution < 1.29 is 8.42 Å².